The summed E-state index contributed by atoms with van der Waals surface area (Å²) in [6.07, 6.45) is 21.1. The summed E-state index contributed by atoms with van der Waals surface area (Å²) in [5.74, 6) is -3.42. The van der Waals surface area contributed by atoms with E-state index in [-0.39, 0.29) is 28.6 Å². The van der Waals surface area contributed by atoms with E-state index in [0.29, 0.717) is 22.6 Å². The molecule has 0 aliphatic carbocycles. The van der Waals surface area contributed by atoms with E-state index < -0.39 is 23.1 Å². The van der Waals surface area contributed by atoms with Crippen molar-refractivity contribution in [3.63, 3.8) is 0 Å². The lowest BCUT2D eigenvalue weighted by Gasteiger charge is -2.16. The Kier molecular flexibility index (Phi) is 16.9. The molecular weight excluding hydrogens is 689 g/mol. The number of nitrogens with zero attached hydrogens (tertiary/aromatic N) is 2. The molecule has 0 aromatic heterocycles. The van der Waals surface area contributed by atoms with Gasteiger partial charge in [0.05, 0.1) is 28.1 Å². The number of nitrogens with one attached hydrogen (secondary N) is 1. The van der Waals surface area contributed by atoms with Crippen molar-refractivity contribution < 1.29 is 29.4 Å². The molecule has 5 N–H and O–H groups in total. The number of para-hydroxylation sites is 1. The number of aryl methyl sites for hydroxylation is 1. The highest BCUT2D eigenvalue weighted by molar-refractivity contribution is 8.01. The van der Waals surface area contributed by atoms with E-state index in [1.807, 2.05) is 18.2 Å². The Morgan fingerprint density at radius 1 is 0.736 bits per heavy atom. The lowest BCUT2D eigenvalue weighted by Crippen LogP contribution is -2.35. The first-order valence-corrected chi connectivity index (χ1v) is 20.0. The maximum atomic E-state index is 13.9. The summed E-state index contributed by atoms with van der Waals surface area (Å²) in [5, 5.41) is 19.5. The van der Waals surface area contributed by atoms with E-state index >= 15 is 0 Å². The summed E-state index contributed by atoms with van der Waals surface area (Å²) in [6.45, 7) is 2.26. The maximum Gasteiger partial charge on any atom is 0.335 e. The molecule has 1 saturated heterocycles. The summed E-state index contributed by atoms with van der Waals surface area (Å²) < 4.78 is 0. The average Bonchev–Trinajstić information content (AvgIpc) is 3.44. The molecule has 0 saturated carbocycles. The Morgan fingerprint density at radius 2 is 1.26 bits per heavy atom. The van der Waals surface area contributed by atoms with Gasteiger partial charge in [0.1, 0.15) is 11.1 Å². The van der Waals surface area contributed by atoms with Crippen LogP contribution in [0.3, 0.4) is 0 Å². The number of thioether (sulfide) groups is 1. The third kappa shape index (κ3) is 12.8. The Hall–Kier alpha value is -4.64. The van der Waals surface area contributed by atoms with Gasteiger partial charge in [-0.15, -0.1) is 11.8 Å². The zero-order valence-electron chi connectivity index (χ0n) is 30.9. The van der Waals surface area contributed by atoms with Crippen molar-refractivity contribution in [3.05, 3.63) is 89.0 Å². The summed E-state index contributed by atoms with van der Waals surface area (Å²) in [5.41, 5.74) is 10.2. The van der Waals surface area contributed by atoms with Crippen molar-refractivity contribution in [2.24, 2.45) is 10.7 Å². The minimum absolute atomic E-state index is 0.0467. The van der Waals surface area contributed by atoms with Gasteiger partial charge in [-0.1, -0.05) is 134 Å². The predicted molar refractivity (Wildman–Crippen MR) is 212 cm³/mol. The molecule has 0 spiro atoms. The highest BCUT2D eigenvalue weighted by Gasteiger charge is 2.40. The Balaban J connectivity index is 1.38. The number of carbonyl (C=O) groups excluding carboxylic acids is 2. The molecule has 53 heavy (non-hydrogen) atoms. The number of carboxylic acids is 2. The van der Waals surface area contributed by atoms with Crippen molar-refractivity contribution in [2.45, 2.75) is 126 Å². The number of amides is 2. The molecule has 0 bridgehead atoms. The quantitative estimate of drug-likeness (QED) is 0.0660. The number of rotatable bonds is 24. The fourth-order valence-electron chi connectivity index (χ4n) is 6.64. The Bertz CT molecular complexity index is 1680. The number of carboxylic acid groups (broad SMARTS) is 2. The van der Waals surface area contributed by atoms with Crippen LogP contribution in [0.4, 0.5) is 11.4 Å². The number of hydrogen-bond acceptors (Lipinski definition) is 6. The van der Waals surface area contributed by atoms with Crippen LogP contribution in [-0.4, -0.2) is 45.1 Å². The van der Waals surface area contributed by atoms with Crippen LogP contribution in [0.2, 0.25) is 0 Å². The molecule has 1 aliphatic heterocycles. The molecule has 1 fully saturated rings. The molecule has 1 aliphatic rings. The molecule has 3 aromatic rings. The molecular formula is C42H54N4O6S. The van der Waals surface area contributed by atoms with E-state index in [1.165, 1.54) is 101 Å². The van der Waals surface area contributed by atoms with Crippen molar-refractivity contribution in [3.8, 4) is 0 Å². The van der Waals surface area contributed by atoms with Crippen molar-refractivity contribution in [1.29, 1.82) is 0 Å². The minimum Gasteiger partial charge on any atom is -0.478 e. The molecule has 284 valence electrons. The second kappa shape index (κ2) is 21.8. The smallest absolute Gasteiger partial charge is 0.335 e. The van der Waals surface area contributed by atoms with E-state index in [0.717, 1.165) is 42.7 Å². The Labute approximate surface area is 317 Å². The molecule has 4 rings (SSSR count). The molecule has 11 heteroatoms. The highest BCUT2D eigenvalue weighted by atomic mass is 32.2. The number of anilines is 1. The van der Waals surface area contributed by atoms with Crippen molar-refractivity contribution in [2.75, 3.05) is 5.01 Å². The van der Waals surface area contributed by atoms with E-state index in [1.54, 1.807) is 30.3 Å². The number of nitrogens with two attached hydrogens (primary N) is 1. The molecule has 1 heterocycles. The number of amidine groups is 1. The highest BCUT2D eigenvalue weighted by Crippen LogP contribution is 2.35. The molecule has 2 amide bonds. The van der Waals surface area contributed by atoms with Crippen LogP contribution < -0.4 is 16.2 Å². The van der Waals surface area contributed by atoms with Crippen LogP contribution in [0.25, 0.3) is 0 Å². The fraction of sp³-hybridized carbons (Fsp3) is 0.452. The van der Waals surface area contributed by atoms with Gasteiger partial charge < -0.3 is 15.9 Å². The molecule has 10 nitrogen and oxygen atoms in total. The lowest BCUT2D eigenvalue weighted by atomic mass is 9.99. The lowest BCUT2D eigenvalue weighted by molar-refractivity contribution is -0.116. The summed E-state index contributed by atoms with van der Waals surface area (Å²) in [7, 11) is 0. The third-order valence-corrected chi connectivity index (χ3v) is 10.8. The van der Waals surface area contributed by atoms with Crippen LogP contribution in [0.15, 0.2) is 76.6 Å². The fourth-order valence-corrected chi connectivity index (χ4v) is 7.82. The number of hydrazine groups is 1. The third-order valence-electron chi connectivity index (χ3n) is 9.50. The number of primary amides is 1. The number of benzene rings is 3. The molecule has 0 radical (unpaired) electrons. The zero-order chi connectivity index (χ0) is 38.0. The van der Waals surface area contributed by atoms with Crippen LogP contribution in [0, 0.1) is 0 Å². The molecule has 3 aromatic carbocycles. The normalized spacial score (nSPS) is 14.8. The average molecular weight is 743 g/mol. The van der Waals surface area contributed by atoms with Gasteiger partial charge in [-0.25, -0.2) is 19.6 Å². The summed E-state index contributed by atoms with van der Waals surface area (Å²) in [6, 6.07) is 17.9. The van der Waals surface area contributed by atoms with Gasteiger partial charge in [-0.2, -0.15) is 0 Å². The largest absolute Gasteiger partial charge is 0.478 e. The van der Waals surface area contributed by atoms with Gasteiger partial charge >= 0.3 is 11.9 Å². The van der Waals surface area contributed by atoms with Crippen LogP contribution >= 0.6 is 11.8 Å². The first kappa shape index (κ1) is 41.1. The number of aliphatic imine (C=N–C) groups is 1. The number of unbranched alkanes of at least 4 members (excludes halogenated alkanes) is 15. The van der Waals surface area contributed by atoms with E-state index in [4.69, 9.17) is 5.73 Å². The molecule has 1 unspecified atom stereocenters. The first-order chi connectivity index (χ1) is 25.7. The second-order valence-electron chi connectivity index (χ2n) is 13.7. The Morgan fingerprint density at radius 3 is 1.77 bits per heavy atom. The van der Waals surface area contributed by atoms with Gasteiger partial charge in [-0.3, -0.25) is 15.0 Å². The van der Waals surface area contributed by atoms with Crippen LogP contribution in [-0.2, 0) is 11.2 Å². The SMILES string of the molecule is CCCCCCCCCCCCCCCCCCc1cccc(SC2C(=O)N(c3ccccc3)NC2=Nc2cc(C(=O)O)cc(C(=O)O)c2)c1C(N)=O. The van der Waals surface area contributed by atoms with Crippen LogP contribution in [0.5, 0.6) is 0 Å². The topological polar surface area (TPSA) is 162 Å². The monoisotopic (exact) mass is 742 g/mol. The van der Waals surface area contributed by atoms with Crippen molar-refractivity contribution in [1.82, 2.24) is 5.43 Å². The first-order valence-electron chi connectivity index (χ1n) is 19.1. The van der Waals surface area contributed by atoms with Gasteiger partial charge in [0, 0.05) is 4.90 Å². The summed E-state index contributed by atoms with van der Waals surface area (Å²) in [4.78, 5) is 55.4. The standard InChI is InChI=1S/C42H54N4O6S/c1-2-3-4-5-6-7-8-9-10-11-12-13-14-15-16-18-22-30-23-21-26-35(36(30)38(43)47)53-37-39(45-46(40(37)48)34-24-19-17-20-25-34)44-33-28-31(41(49)50)27-32(29-33)42(51)52/h17,19-21,23-29,37H,2-16,18,22H2,1H3,(H2,43,47)(H,44,45)(H,49,50)(H,51,52). The van der Waals surface area contributed by atoms with E-state index in [2.05, 4.69) is 17.3 Å². The number of aromatic carboxylic acids is 2. The van der Waals surface area contributed by atoms with Gasteiger partial charge in [0.2, 0.25) is 5.91 Å². The van der Waals surface area contributed by atoms with Gasteiger partial charge in [-0.05, 0) is 54.8 Å². The second-order valence-corrected chi connectivity index (χ2v) is 14.8. The van der Waals surface area contributed by atoms with Gasteiger partial charge in [0.25, 0.3) is 5.91 Å². The zero-order valence-corrected chi connectivity index (χ0v) is 31.7. The predicted octanol–water partition coefficient (Wildman–Crippen LogP) is 9.73. The van der Waals surface area contributed by atoms with Crippen LogP contribution in [0.1, 0.15) is 146 Å². The molecule has 1 atom stereocenters. The number of hydrogen-bond donors (Lipinski definition) is 4. The number of carbonyl (C=O) groups is 4. The summed E-state index contributed by atoms with van der Waals surface area (Å²) >= 11 is 1.12. The minimum atomic E-state index is -1.31. The maximum absolute atomic E-state index is 13.9. The van der Waals surface area contributed by atoms with Gasteiger partial charge in [0.15, 0.2) is 0 Å². The van der Waals surface area contributed by atoms with Crippen molar-refractivity contribution >= 4 is 52.7 Å². The van der Waals surface area contributed by atoms with E-state index in [9.17, 15) is 29.4 Å².